The summed E-state index contributed by atoms with van der Waals surface area (Å²) in [4.78, 5) is 17.0. The van der Waals surface area contributed by atoms with E-state index in [1.807, 2.05) is 26.0 Å². The molecule has 0 bridgehead atoms. The maximum Gasteiger partial charge on any atom is 0.255 e. The molecule has 1 aromatic heterocycles. The quantitative estimate of drug-likeness (QED) is 0.706. The zero-order valence-electron chi connectivity index (χ0n) is 16.2. The zero-order valence-corrected chi connectivity index (χ0v) is 17.0. The van der Waals surface area contributed by atoms with Crippen LogP contribution in [0.4, 0.5) is 11.4 Å². The van der Waals surface area contributed by atoms with Crippen LogP contribution in [-0.2, 0) is 10.0 Å². The van der Waals surface area contributed by atoms with Gasteiger partial charge in [0.05, 0.1) is 17.1 Å². The molecule has 0 radical (unpaired) electrons. The summed E-state index contributed by atoms with van der Waals surface area (Å²) in [5.41, 5.74) is 3.24. The van der Waals surface area contributed by atoms with Crippen molar-refractivity contribution in [3.8, 4) is 11.5 Å². The van der Waals surface area contributed by atoms with Gasteiger partial charge in [-0.25, -0.2) is 13.4 Å². The van der Waals surface area contributed by atoms with Crippen molar-refractivity contribution in [3.05, 3.63) is 65.5 Å². The van der Waals surface area contributed by atoms with Gasteiger partial charge in [0.1, 0.15) is 5.76 Å². The molecule has 0 aliphatic carbocycles. The van der Waals surface area contributed by atoms with E-state index >= 15 is 0 Å². The van der Waals surface area contributed by atoms with Crippen molar-refractivity contribution in [2.24, 2.45) is 0 Å². The van der Waals surface area contributed by atoms with Crippen LogP contribution in [0.1, 0.15) is 28.2 Å². The van der Waals surface area contributed by atoms with E-state index in [0.717, 1.165) is 17.0 Å². The lowest BCUT2D eigenvalue weighted by Crippen LogP contribution is -2.25. The van der Waals surface area contributed by atoms with Crippen LogP contribution >= 0.6 is 0 Å². The van der Waals surface area contributed by atoms with Crippen molar-refractivity contribution in [1.82, 2.24) is 4.98 Å². The van der Waals surface area contributed by atoms with Gasteiger partial charge in [-0.2, -0.15) is 0 Å². The summed E-state index contributed by atoms with van der Waals surface area (Å²) in [5, 5.41) is 2.85. The van der Waals surface area contributed by atoms with Crippen LogP contribution < -0.4 is 9.62 Å². The third-order valence-electron chi connectivity index (χ3n) is 4.91. The summed E-state index contributed by atoms with van der Waals surface area (Å²) >= 11 is 0. The number of hydrogen-bond acceptors (Lipinski definition) is 5. The molecule has 7 nitrogen and oxygen atoms in total. The molecule has 1 saturated heterocycles. The fraction of sp³-hybridized carbons (Fsp3) is 0.238. The monoisotopic (exact) mass is 411 g/mol. The summed E-state index contributed by atoms with van der Waals surface area (Å²) in [6, 6.07) is 13.8. The molecule has 29 heavy (non-hydrogen) atoms. The summed E-state index contributed by atoms with van der Waals surface area (Å²) < 4.78 is 31.1. The third-order valence-corrected chi connectivity index (χ3v) is 6.78. The van der Waals surface area contributed by atoms with E-state index in [9.17, 15) is 13.2 Å². The lowest BCUT2D eigenvalue weighted by molar-refractivity contribution is 0.102. The molecule has 8 heteroatoms. The highest BCUT2D eigenvalue weighted by Crippen LogP contribution is 2.26. The second kappa shape index (κ2) is 7.36. The Bertz CT molecular complexity index is 1150. The minimum absolute atomic E-state index is 0.162. The van der Waals surface area contributed by atoms with E-state index in [1.165, 1.54) is 4.31 Å². The molecule has 1 N–H and O–H groups in total. The largest absolute Gasteiger partial charge is 0.441 e. The number of aryl methyl sites for hydroxylation is 2. The Kier molecular flexibility index (Phi) is 4.87. The maximum absolute atomic E-state index is 12.6. The molecule has 0 unspecified atom stereocenters. The summed E-state index contributed by atoms with van der Waals surface area (Å²) in [6.07, 6.45) is 0.616. The van der Waals surface area contributed by atoms with Crippen molar-refractivity contribution >= 4 is 27.3 Å². The number of benzene rings is 2. The number of carbonyl (C=O) groups excluding carboxylic acids is 1. The number of rotatable bonds is 4. The first-order valence-corrected chi connectivity index (χ1v) is 10.9. The fourth-order valence-electron chi connectivity index (χ4n) is 3.24. The van der Waals surface area contributed by atoms with Gasteiger partial charge >= 0.3 is 0 Å². The maximum atomic E-state index is 12.6. The standard InChI is InChI=1S/C21H21N3O4S/c1-14-15(2)28-21(22-14)17-5-3-6-18(13-17)23-20(25)16-7-9-19(10-8-16)24-11-4-12-29(24,26)27/h3,5-10,13H,4,11-12H2,1-2H3,(H,23,25). The lowest BCUT2D eigenvalue weighted by Gasteiger charge is -2.17. The average molecular weight is 411 g/mol. The van der Waals surface area contributed by atoms with Crippen LogP contribution in [0.5, 0.6) is 0 Å². The highest BCUT2D eigenvalue weighted by molar-refractivity contribution is 7.93. The molecule has 2 heterocycles. The molecule has 4 rings (SSSR count). The Morgan fingerprint density at radius 1 is 1.14 bits per heavy atom. The zero-order chi connectivity index (χ0) is 20.6. The first-order valence-electron chi connectivity index (χ1n) is 9.30. The molecule has 0 spiro atoms. The predicted molar refractivity (Wildman–Crippen MR) is 112 cm³/mol. The van der Waals surface area contributed by atoms with Crippen LogP contribution in [0.2, 0.25) is 0 Å². The van der Waals surface area contributed by atoms with Crippen molar-refractivity contribution in [1.29, 1.82) is 0 Å². The topological polar surface area (TPSA) is 92.5 Å². The number of aromatic nitrogens is 1. The van der Waals surface area contributed by atoms with Gasteiger partial charge in [-0.15, -0.1) is 0 Å². The van der Waals surface area contributed by atoms with E-state index in [2.05, 4.69) is 10.3 Å². The van der Waals surface area contributed by atoms with Crippen LogP contribution in [0.3, 0.4) is 0 Å². The Morgan fingerprint density at radius 2 is 1.90 bits per heavy atom. The molecular formula is C21H21N3O4S. The Morgan fingerprint density at radius 3 is 2.52 bits per heavy atom. The van der Waals surface area contributed by atoms with E-state index < -0.39 is 10.0 Å². The molecule has 0 atom stereocenters. The number of sulfonamides is 1. The SMILES string of the molecule is Cc1nc(-c2cccc(NC(=O)c3ccc(N4CCCS4(=O)=O)cc3)c2)oc1C. The normalized spacial score (nSPS) is 15.4. The number of anilines is 2. The number of hydrogen-bond donors (Lipinski definition) is 1. The summed E-state index contributed by atoms with van der Waals surface area (Å²) in [7, 11) is -3.24. The van der Waals surface area contributed by atoms with Crippen molar-refractivity contribution in [2.75, 3.05) is 21.9 Å². The Labute approximate surface area is 169 Å². The van der Waals surface area contributed by atoms with Gasteiger partial charge in [0.25, 0.3) is 5.91 Å². The van der Waals surface area contributed by atoms with Crippen molar-refractivity contribution in [3.63, 3.8) is 0 Å². The average Bonchev–Trinajstić information content (AvgIpc) is 3.23. The van der Waals surface area contributed by atoms with Crippen LogP contribution in [-0.4, -0.2) is 31.6 Å². The second-order valence-electron chi connectivity index (χ2n) is 6.98. The van der Waals surface area contributed by atoms with Crippen LogP contribution in [0.25, 0.3) is 11.5 Å². The van der Waals surface area contributed by atoms with E-state index in [-0.39, 0.29) is 11.7 Å². The third kappa shape index (κ3) is 3.88. The number of amides is 1. The fourth-order valence-corrected chi connectivity index (χ4v) is 4.80. The smallest absolute Gasteiger partial charge is 0.255 e. The summed E-state index contributed by atoms with van der Waals surface area (Å²) in [5.74, 6) is 1.15. The van der Waals surface area contributed by atoms with Crippen LogP contribution in [0, 0.1) is 13.8 Å². The molecular weight excluding hydrogens is 390 g/mol. The first kappa shape index (κ1) is 19.2. The van der Waals surface area contributed by atoms with E-state index in [0.29, 0.717) is 35.8 Å². The number of nitrogens with zero attached hydrogens (tertiary/aromatic N) is 2. The molecule has 1 amide bonds. The number of oxazole rings is 1. The predicted octanol–water partition coefficient (Wildman–Crippen LogP) is 3.75. The van der Waals surface area contributed by atoms with Crippen molar-refractivity contribution < 1.29 is 17.6 Å². The van der Waals surface area contributed by atoms with Gasteiger partial charge in [0.15, 0.2) is 0 Å². The van der Waals surface area contributed by atoms with Gasteiger partial charge < -0.3 is 9.73 Å². The van der Waals surface area contributed by atoms with Gasteiger partial charge in [-0.1, -0.05) is 6.07 Å². The molecule has 1 aliphatic rings. The Balaban J connectivity index is 1.50. The second-order valence-corrected chi connectivity index (χ2v) is 9.00. The molecule has 2 aromatic carbocycles. The summed E-state index contributed by atoms with van der Waals surface area (Å²) in [6.45, 7) is 4.21. The lowest BCUT2D eigenvalue weighted by atomic mass is 10.1. The molecule has 150 valence electrons. The van der Waals surface area contributed by atoms with Gasteiger partial charge in [-0.3, -0.25) is 9.10 Å². The van der Waals surface area contributed by atoms with Gasteiger partial charge in [-0.05, 0) is 62.7 Å². The van der Waals surface area contributed by atoms with Gasteiger partial charge in [0.2, 0.25) is 15.9 Å². The van der Waals surface area contributed by atoms with Crippen molar-refractivity contribution in [2.45, 2.75) is 20.3 Å². The highest BCUT2D eigenvalue weighted by atomic mass is 32.2. The van der Waals surface area contributed by atoms with Gasteiger partial charge in [0, 0.05) is 23.4 Å². The molecule has 3 aromatic rings. The number of carbonyl (C=O) groups is 1. The minimum Gasteiger partial charge on any atom is -0.441 e. The Hall–Kier alpha value is -3.13. The minimum atomic E-state index is -3.24. The van der Waals surface area contributed by atoms with E-state index in [4.69, 9.17) is 4.42 Å². The molecule has 1 fully saturated rings. The number of nitrogens with one attached hydrogen (secondary N) is 1. The van der Waals surface area contributed by atoms with Crippen LogP contribution in [0.15, 0.2) is 52.9 Å². The molecule has 1 aliphatic heterocycles. The van der Waals surface area contributed by atoms with E-state index in [1.54, 1.807) is 36.4 Å². The molecule has 0 saturated carbocycles. The first-order chi connectivity index (χ1) is 13.8. The highest BCUT2D eigenvalue weighted by Gasteiger charge is 2.28.